The van der Waals surface area contributed by atoms with E-state index in [1.54, 1.807) is 0 Å². The van der Waals surface area contributed by atoms with Gasteiger partial charge < -0.3 is 0 Å². The lowest BCUT2D eigenvalue weighted by atomic mass is 10.1. The van der Waals surface area contributed by atoms with Crippen LogP contribution in [0.2, 0.25) is 0 Å². The van der Waals surface area contributed by atoms with E-state index in [0.717, 1.165) is 6.54 Å². The van der Waals surface area contributed by atoms with Crippen LogP contribution in [0.1, 0.15) is 11.4 Å². The van der Waals surface area contributed by atoms with Crippen LogP contribution in [0.3, 0.4) is 0 Å². The topological polar surface area (TPSA) is 8.81 Å². The fraction of sp³-hybridized carbons (Fsp3) is 0.250. The Labute approximate surface area is 83.4 Å². The standard InChI is InChI=1S/C12H13N2/c1-9-13(2)8-12-11-6-4-3-5-10(11)7-14(9)12/h3-6,8H,7H2,1-2H3/q+1. The van der Waals surface area contributed by atoms with E-state index in [4.69, 9.17) is 0 Å². The normalized spacial score (nSPS) is 12.7. The van der Waals surface area contributed by atoms with Crippen LogP contribution in [0, 0.1) is 6.92 Å². The molecule has 2 heterocycles. The summed E-state index contributed by atoms with van der Waals surface area (Å²) in [5, 5.41) is 0. The van der Waals surface area contributed by atoms with Crippen molar-refractivity contribution < 1.29 is 4.57 Å². The van der Waals surface area contributed by atoms with Crippen LogP contribution in [-0.2, 0) is 13.6 Å². The minimum atomic E-state index is 1.03. The number of nitrogens with zero attached hydrogens (tertiary/aromatic N) is 2. The molecule has 0 aliphatic carbocycles. The van der Waals surface area contributed by atoms with E-state index in [-0.39, 0.29) is 0 Å². The number of fused-ring (bicyclic) bond motifs is 3. The van der Waals surface area contributed by atoms with Crippen LogP contribution in [0.15, 0.2) is 30.5 Å². The molecule has 3 rings (SSSR count). The second-order valence-corrected chi connectivity index (χ2v) is 3.92. The molecule has 0 bridgehead atoms. The Morgan fingerprint density at radius 3 is 2.93 bits per heavy atom. The Morgan fingerprint density at radius 1 is 1.29 bits per heavy atom. The molecule has 70 valence electrons. The zero-order chi connectivity index (χ0) is 9.71. The Balaban J connectivity index is 2.31. The number of benzene rings is 1. The average molecular weight is 185 g/mol. The van der Waals surface area contributed by atoms with E-state index in [9.17, 15) is 0 Å². The highest BCUT2D eigenvalue weighted by Gasteiger charge is 2.27. The predicted octanol–water partition coefficient (Wildman–Crippen LogP) is 1.65. The summed E-state index contributed by atoms with van der Waals surface area (Å²) < 4.78 is 4.55. The summed E-state index contributed by atoms with van der Waals surface area (Å²) in [6.07, 6.45) is 2.21. The van der Waals surface area contributed by atoms with Crippen LogP contribution in [0.25, 0.3) is 11.3 Å². The minimum Gasteiger partial charge on any atom is -0.236 e. The number of rotatable bonds is 0. The largest absolute Gasteiger partial charge is 0.253 e. The summed E-state index contributed by atoms with van der Waals surface area (Å²) in [4.78, 5) is 0. The molecule has 0 spiro atoms. The molecule has 1 aliphatic rings. The van der Waals surface area contributed by atoms with Gasteiger partial charge in [0, 0.05) is 18.1 Å². The molecule has 0 amide bonds. The molecule has 14 heavy (non-hydrogen) atoms. The summed E-state index contributed by atoms with van der Waals surface area (Å²) in [6.45, 7) is 3.19. The molecular formula is C12H13N2+. The zero-order valence-electron chi connectivity index (χ0n) is 8.49. The van der Waals surface area contributed by atoms with Gasteiger partial charge in [0.05, 0.1) is 7.05 Å². The van der Waals surface area contributed by atoms with E-state index in [1.165, 1.54) is 22.6 Å². The highest BCUT2D eigenvalue weighted by atomic mass is 15.2. The molecule has 1 aliphatic heterocycles. The monoisotopic (exact) mass is 185 g/mol. The van der Waals surface area contributed by atoms with E-state index >= 15 is 0 Å². The summed E-state index contributed by atoms with van der Waals surface area (Å²) in [5.74, 6) is 1.32. The third kappa shape index (κ3) is 0.830. The smallest absolute Gasteiger partial charge is 0.236 e. The minimum absolute atomic E-state index is 1.03. The van der Waals surface area contributed by atoms with Crippen molar-refractivity contribution in [3.05, 3.63) is 41.9 Å². The van der Waals surface area contributed by atoms with Gasteiger partial charge >= 0.3 is 0 Å². The lowest BCUT2D eigenvalue weighted by Gasteiger charge is -1.94. The Hall–Kier alpha value is -1.57. The fourth-order valence-corrected chi connectivity index (χ4v) is 2.20. The Kier molecular flexibility index (Phi) is 1.38. The molecule has 0 N–H and O–H groups in total. The molecule has 0 fully saturated rings. The molecule has 0 unspecified atom stereocenters. The van der Waals surface area contributed by atoms with Crippen molar-refractivity contribution in [2.45, 2.75) is 13.5 Å². The third-order valence-electron chi connectivity index (χ3n) is 3.13. The number of imidazole rings is 1. The average Bonchev–Trinajstić information content (AvgIpc) is 2.67. The number of aryl methyl sites for hydroxylation is 1. The molecule has 0 atom stereocenters. The van der Waals surface area contributed by atoms with Gasteiger partial charge in [-0.05, 0) is 0 Å². The lowest BCUT2D eigenvalue weighted by molar-refractivity contribution is -0.677. The van der Waals surface area contributed by atoms with Gasteiger partial charge in [-0.2, -0.15) is 0 Å². The summed E-state index contributed by atoms with van der Waals surface area (Å²) in [7, 11) is 2.10. The first-order chi connectivity index (χ1) is 6.77. The molecule has 2 heteroatoms. The fourth-order valence-electron chi connectivity index (χ4n) is 2.20. The Morgan fingerprint density at radius 2 is 2.07 bits per heavy atom. The van der Waals surface area contributed by atoms with E-state index < -0.39 is 0 Å². The van der Waals surface area contributed by atoms with Gasteiger partial charge in [-0.1, -0.05) is 24.3 Å². The van der Waals surface area contributed by atoms with Crippen molar-refractivity contribution in [1.29, 1.82) is 0 Å². The quantitative estimate of drug-likeness (QED) is 0.471. The predicted molar refractivity (Wildman–Crippen MR) is 54.9 cm³/mol. The molecule has 0 saturated carbocycles. The van der Waals surface area contributed by atoms with Gasteiger partial charge in [0.2, 0.25) is 0 Å². The summed E-state index contributed by atoms with van der Waals surface area (Å²) in [5.41, 5.74) is 4.17. The highest BCUT2D eigenvalue weighted by Crippen LogP contribution is 2.31. The molecule has 1 aromatic carbocycles. The van der Waals surface area contributed by atoms with Crippen molar-refractivity contribution in [1.82, 2.24) is 4.57 Å². The maximum Gasteiger partial charge on any atom is 0.253 e. The second-order valence-electron chi connectivity index (χ2n) is 3.92. The summed E-state index contributed by atoms with van der Waals surface area (Å²) >= 11 is 0. The van der Waals surface area contributed by atoms with Crippen LogP contribution in [0.5, 0.6) is 0 Å². The van der Waals surface area contributed by atoms with Gasteiger partial charge in [-0.25, -0.2) is 9.13 Å². The van der Waals surface area contributed by atoms with E-state index in [1.807, 2.05) is 0 Å². The molecular weight excluding hydrogens is 172 g/mol. The zero-order valence-corrected chi connectivity index (χ0v) is 8.49. The molecule has 1 aromatic heterocycles. The molecule has 2 nitrogen and oxygen atoms in total. The van der Waals surface area contributed by atoms with Crippen LogP contribution in [-0.4, -0.2) is 4.57 Å². The van der Waals surface area contributed by atoms with Gasteiger partial charge in [0.15, 0.2) is 5.69 Å². The first kappa shape index (κ1) is 7.80. The van der Waals surface area contributed by atoms with E-state index in [0.29, 0.717) is 0 Å². The highest BCUT2D eigenvalue weighted by molar-refractivity contribution is 5.66. The van der Waals surface area contributed by atoms with Gasteiger partial charge in [0.1, 0.15) is 12.7 Å². The maximum absolute atomic E-state index is 2.37. The van der Waals surface area contributed by atoms with Crippen molar-refractivity contribution in [2.24, 2.45) is 7.05 Å². The molecule has 2 aromatic rings. The number of aromatic nitrogens is 2. The molecule has 0 saturated heterocycles. The van der Waals surface area contributed by atoms with Gasteiger partial charge in [-0.3, -0.25) is 0 Å². The van der Waals surface area contributed by atoms with E-state index in [2.05, 4.69) is 53.6 Å². The second kappa shape index (κ2) is 2.47. The van der Waals surface area contributed by atoms with Crippen molar-refractivity contribution in [2.75, 3.05) is 0 Å². The van der Waals surface area contributed by atoms with Crippen LogP contribution < -0.4 is 4.57 Å². The van der Waals surface area contributed by atoms with Crippen LogP contribution in [0.4, 0.5) is 0 Å². The Bertz CT molecular complexity index is 509. The van der Waals surface area contributed by atoms with Crippen LogP contribution >= 0.6 is 0 Å². The third-order valence-corrected chi connectivity index (χ3v) is 3.13. The van der Waals surface area contributed by atoms with Crippen molar-refractivity contribution in [3.63, 3.8) is 0 Å². The maximum atomic E-state index is 2.37. The summed E-state index contributed by atoms with van der Waals surface area (Å²) in [6, 6.07) is 8.63. The number of hydrogen-bond acceptors (Lipinski definition) is 0. The first-order valence-electron chi connectivity index (χ1n) is 4.91. The SMILES string of the molecule is Cc1n2c(c[n+]1C)-c1ccccc1C2. The van der Waals surface area contributed by atoms with Crippen molar-refractivity contribution >= 4 is 0 Å². The number of hydrogen-bond donors (Lipinski definition) is 0. The lowest BCUT2D eigenvalue weighted by Crippen LogP contribution is -2.29. The van der Waals surface area contributed by atoms with Crippen molar-refractivity contribution in [3.8, 4) is 11.3 Å². The van der Waals surface area contributed by atoms with Gasteiger partial charge in [-0.15, -0.1) is 0 Å². The van der Waals surface area contributed by atoms with Gasteiger partial charge in [0.25, 0.3) is 5.82 Å². The molecule has 0 radical (unpaired) electrons. The first-order valence-corrected chi connectivity index (χ1v) is 4.91.